The van der Waals surface area contributed by atoms with Gasteiger partial charge >= 0.3 is 10.3 Å². The van der Waals surface area contributed by atoms with Gasteiger partial charge in [-0.05, 0) is 44.0 Å². The highest BCUT2D eigenvalue weighted by molar-refractivity contribution is 7.84. The lowest BCUT2D eigenvalue weighted by Crippen LogP contribution is -2.34. The number of hydrogen-bond donors (Lipinski definition) is 0. The van der Waals surface area contributed by atoms with Crippen LogP contribution in [0.3, 0.4) is 0 Å². The molecule has 0 saturated heterocycles. The van der Waals surface area contributed by atoms with E-state index in [4.69, 9.17) is 8.92 Å². The van der Waals surface area contributed by atoms with E-state index in [9.17, 15) is 8.42 Å². The number of hydrogen-bond acceptors (Lipinski definition) is 4. The van der Waals surface area contributed by atoms with Crippen molar-refractivity contribution < 1.29 is 17.3 Å². The molecule has 27 heavy (non-hydrogen) atoms. The molecule has 0 bridgehead atoms. The van der Waals surface area contributed by atoms with Crippen molar-refractivity contribution in [3.05, 3.63) is 54.1 Å². The number of para-hydroxylation sites is 1. The summed E-state index contributed by atoms with van der Waals surface area (Å²) in [6.07, 6.45) is 0. The minimum Gasteiger partial charge on any atom is -0.371 e. The van der Waals surface area contributed by atoms with Crippen LogP contribution >= 0.6 is 0 Å². The molecule has 0 aliphatic rings. The van der Waals surface area contributed by atoms with Gasteiger partial charge in [0.1, 0.15) is 0 Å². The van der Waals surface area contributed by atoms with E-state index in [-0.39, 0.29) is 5.60 Å². The van der Waals surface area contributed by atoms with Gasteiger partial charge in [0.2, 0.25) is 0 Å². The summed E-state index contributed by atoms with van der Waals surface area (Å²) in [7, 11) is -3.84. The van der Waals surface area contributed by atoms with Crippen LogP contribution in [0.2, 0.25) is 0 Å². The summed E-state index contributed by atoms with van der Waals surface area (Å²) in [5, 5.41) is 0. The minimum absolute atomic E-state index is 0.227. The van der Waals surface area contributed by atoms with Crippen molar-refractivity contribution in [2.75, 3.05) is 13.1 Å². The van der Waals surface area contributed by atoms with Crippen LogP contribution in [-0.4, -0.2) is 31.4 Å². The Hall–Kier alpha value is -1.89. The molecule has 0 saturated carbocycles. The molecule has 0 aromatic heterocycles. The van der Waals surface area contributed by atoms with Gasteiger partial charge in [-0.15, -0.1) is 0 Å². The molecule has 0 radical (unpaired) electrons. The zero-order valence-electron chi connectivity index (χ0n) is 16.7. The standard InChI is InChI=1S/C21H29NO4S/c1-6-22(7-2)27(23,24)26-20-14-9-8-13-19(20)18-12-10-11-17(15-18)16-25-21(3,4)5/h8-15H,6-7,16H2,1-5H3. The van der Waals surface area contributed by atoms with Crippen LogP contribution in [0.5, 0.6) is 5.75 Å². The van der Waals surface area contributed by atoms with Gasteiger partial charge in [0.25, 0.3) is 0 Å². The highest BCUT2D eigenvalue weighted by Gasteiger charge is 2.22. The summed E-state index contributed by atoms with van der Waals surface area (Å²) >= 11 is 0. The van der Waals surface area contributed by atoms with Crippen molar-refractivity contribution in [3.63, 3.8) is 0 Å². The molecule has 0 spiro atoms. The van der Waals surface area contributed by atoms with Crippen molar-refractivity contribution in [2.45, 2.75) is 46.8 Å². The van der Waals surface area contributed by atoms with Gasteiger partial charge in [-0.2, -0.15) is 12.7 Å². The van der Waals surface area contributed by atoms with Gasteiger partial charge in [0, 0.05) is 18.7 Å². The Morgan fingerprint density at radius 3 is 2.26 bits per heavy atom. The fourth-order valence-corrected chi connectivity index (χ4v) is 3.72. The second-order valence-corrected chi connectivity index (χ2v) is 8.76. The lowest BCUT2D eigenvalue weighted by molar-refractivity contribution is -0.0149. The fraction of sp³-hybridized carbons (Fsp3) is 0.429. The second-order valence-electron chi connectivity index (χ2n) is 7.22. The third kappa shape index (κ3) is 6.06. The molecule has 2 aromatic rings. The predicted molar refractivity (Wildman–Crippen MR) is 109 cm³/mol. The SMILES string of the molecule is CCN(CC)S(=O)(=O)Oc1ccccc1-c1cccc(COC(C)(C)C)c1. The first-order valence-electron chi connectivity index (χ1n) is 9.18. The van der Waals surface area contributed by atoms with Crippen LogP contribution in [-0.2, 0) is 21.6 Å². The second kappa shape index (κ2) is 8.87. The average molecular weight is 392 g/mol. The minimum atomic E-state index is -3.84. The topological polar surface area (TPSA) is 55.8 Å². The Balaban J connectivity index is 2.33. The zero-order chi connectivity index (χ0) is 20.1. The van der Waals surface area contributed by atoms with Crippen molar-refractivity contribution in [2.24, 2.45) is 0 Å². The molecular weight excluding hydrogens is 362 g/mol. The fourth-order valence-electron chi connectivity index (χ4n) is 2.61. The number of benzene rings is 2. The van der Waals surface area contributed by atoms with Crippen LogP contribution in [0.1, 0.15) is 40.2 Å². The number of rotatable bonds is 8. The van der Waals surface area contributed by atoms with Crippen LogP contribution in [0, 0.1) is 0 Å². The maximum atomic E-state index is 12.5. The van der Waals surface area contributed by atoms with E-state index in [1.807, 2.05) is 57.2 Å². The Morgan fingerprint density at radius 2 is 1.63 bits per heavy atom. The third-order valence-corrected chi connectivity index (χ3v) is 5.55. The molecule has 0 heterocycles. The first-order chi connectivity index (χ1) is 12.7. The first kappa shape index (κ1) is 21.4. The Kier molecular flexibility index (Phi) is 7.03. The molecule has 2 aromatic carbocycles. The lowest BCUT2D eigenvalue weighted by Gasteiger charge is -2.20. The van der Waals surface area contributed by atoms with E-state index in [0.29, 0.717) is 25.4 Å². The van der Waals surface area contributed by atoms with Gasteiger partial charge in [-0.1, -0.05) is 50.2 Å². The Bertz CT molecular complexity index is 852. The third-order valence-electron chi connectivity index (χ3n) is 4.01. The maximum Gasteiger partial charge on any atom is 0.385 e. The normalized spacial score (nSPS) is 12.4. The quantitative estimate of drug-likeness (QED) is 0.658. The van der Waals surface area contributed by atoms with E-state index in [1.165, 1.54) is 4.31 Å². The molecule has 2 rings (SSSR count). The van der Waals surface area contributed by atoms with Gasteiger partial charge in [0.15, 0.2) is 5.75 Å². The van der Waals surface area contributed by atoms with E-state index < -0.39 is 10.3 Å². The molecule has 0 unspecified atom stereocenters. The van der Waals surface area contributed by atoms with E-state index in [0.717, 1.165) is 16.7 Å². The molecule has 0 aliphatic heterocycles. The molecule has 5 nitrogen and oxygen atoms in total. The molecular formula is C21H29NO4S. The van der Waals surface area contributed by atoms with E-state index >= 15 is 0 Å². The van der Waals surface area contributed by atoms with Gasteiger partial charge < -0.3 is 8.92 Å². The van der Waals surface area contributed by atoms with Crippen LogP contribution < -0.4 is 4.18 Å². The molecule has 0 fully saturated rings. The summed E-state index contributed by atoms with van der Waals surface area (Å²) in [5.41, 5.74) is 2.40. The largest absolute Gasteiger partial charge is 0.385 e. The number of nitrogens with zero attached hydrogens (tertiary/aromatic N) is 1. The molecule has 0 amide bonds. The molecule has 0 N–H and O–H groups in total. The summed E-state index contributed by atoms with van der Waals surface area (Å²) < 4.78 is 37.6. The van der Waals surface area contributed by atoms with Crippen LogP contribution in [0.4, 0.5) is 0 Å². The lowest BCUT2D eigenvalue weighted by atomic mass is 10.0. The van der Waals surface area contributed by atoms with Gasteiger partial charge in [0.05, 0.1) is 12.2 Å². The molecule has 0 atom stereocenters. The summed E-state index contributed by atoms with van der Waals surface area (Å²) in [5.74, 6) is 0.318. The first-order valence-corrected chi connectivity index (χ1v) is 10.5. The summed E-state index contributed by atoms with van der Waals surface area (Å²) in [4.78, 5) is 0. The average Bonchev–Trinajstić information content (AvgIpc) is 2.60. The molecule has 148 valence electrons. The maximum absolute atomic E-state index is 12.5. The van der Waals surface area contributed by atoms with Crippen LogP contribution in [0.15, 0.2) is 48.5 Å². The predicted octanol–water partition coefficient (Wildman–Crippen LogP) is 4.63. The zero-order valence-corrected chi connectivity index (χ0v) is 17.5. The molecule has 6 heteroatoms. The van der Waals surface area contributed by atoms with Crippen molar-refractivity contribution >= 4 is 10.3 Å². The smallest absolute Gasteiger partial charge is 0.371 e. The van der Waals surface area contributed by atoms with E-state index in [2.05, 4.69) is 0 Å². The molecule has 0 aliphatic carbocycles. The highest BCUT2D eigenvalue weighted by Crippen LogP contribution is 2.32. The van der Waals surface area contributed by atoms with Crippen molar-refractivity contribution in [1.82, 2.24) is 4.31 Å². The summed E-state index contributed by atoms with van der Waals surface area (Å²) in [6, 6.07) is 15.0. The van der Waals surface area contributed by atoms with Crippen molar-refractivity contribution in [3.8, 4) is 16.9 Å². The summed E-state index contributed by atoms with van der Waals surface area (Å²) in [6.45, 7) is 10.8. The van der Waals surface area contributed by atoms with Gasteiger partial charge in [-0.3, -0.25) is 0 Å². The van der Waals surface area contributed by atoms with Crippen molar-refractivity contribution in [1.29, 1.82) is 0 Å². The number of ether oxygens (including phenoxy) is 1. The highest BCUT2D eigenvalue weighted by atomic mass is 32.2. The van der Waals surface area contributed by atoms with E-state index in [1.54, 1.807) is 26.0 Å². The Morgan fingerprint density at radius 1 is 0.963 bits per heavy atom. The van der Waals surface area contributed by atoms with Gasteiger partial charge in [-0.25, -0.2) is 0 Å². The Labute approximate surface area is 163 Å². The monoisotopic (exact) mass is 391 g/mol. The van der Waals surface area contributed by atoms with Crippen LogP contribution in [0.25, 0.3) is 11.1 Å².